The number of hydrogen-bond acceptors (Lipinski definition) is 4. The molecule has 0 saturated carbocycles. The lowest BCUT2D eigenvalue weighted by Gasteiger charge is -2.22. The van der Waals surface area contributed by atoms with E-state index in [1.165, 1.54) is 6.26 Å². The number of nitrogens with one attached hydrogen (secondary N) is 1. The minimum Gasteiger partial charge on any atom is -0.468 e. The minimum atomic E-state index is -3.04. The molecule has 1 N–H and O–H groups in total. The van der Waals surface area contributed by atoms with E-state index in [4.69, 9.17) is 4.42 Å². The van der Waals surface area contributed by atoms with E-state index in [1.54, 1.807) is 12.1 Å². The number of rotatable bonds is 3. The second kappa shape index (κ2) is 4.37. The van der Waals surface area contributed by atoms with Crippen molar-refractivity contribution in [3.63, 3.8) is 0 Å². The fraction of sp³-hybridized carbons (Fsp3) is 0.600. The Morgan fingerprint density at radius 3 is 2.73 bits per heavy atom. The molecule has 15 heavy (non-hydrogen) atoms. The van der Waals surface area contributed by atoms with E-state index in [1.807, 2.05) is 0 Å². The maximum Gasteiger partial charge on any atom is 0.160 e. The van der Waals surface area contributed by atoms with Crippen LogP contribution in [0.1, 0.15) is 18.6 Å². The number of hydrogen-bond donors (Lipinski definition) is 1. The standard InChI is InChI=1S/C10H15NO3S/c12-15(13,8-9-2-1-7-14-9)10-3-5-11-6-4-10/h1-2,7,10-11H,3-6,8H2. The second-order valence-corrected chi connectivity index (χ2v) is 6.12. The largest absolute Gasteiger partial charge is 0.468 e. The maximum absolute atomic E-state index is 12.0. The van der Waals surface area contributed by atoms with Gasteiger partial charge < -0.3 is 9.73 Å². The summed E-state index contributed by atoms with van der Waals surface area (Å²) in [5, 5.41) is 2.95. The highest BCUT2D eigenvalue weighted by Crippen LogP contribution is 2.18. The molecule has 1 aliphatic heterocycles. The van der Waals surface area contributed by atoms with Crippen LogP contribution in [0.25, 0.3) is 0 Å². The summed E-state index contributed by atoms with van der Waals surface area (Å²) in [6, 6.07) is 3.42. The molecule has 2 heterocycles. The molecule has 0 bridgehead atoms. The normalized spacial score (nSPS) is 19.2. The average Bonchev–Trinajstić information content (AvgIpc) is 2.71. The molecule has 0 atom stereocenters. The molecule has 84 valence electrons. The fourth-order valence-corrected chi connectivity index (χ4v) is 3.62. The molecule has 1 saturated heterocycles. The first-order valence-electron chi connectivity index (χ1n) is 5.13. The molecule has 0 aliphatic carbocycles. The van der Waals surface area contributed by atoms with Crippen LogP contribution >= 0.6 is 0 Å². The van der Waals surface area contributed by atoms with Gasteiger partial charge in [0.1, 0.15) is 11.5 Å². The highest BCUT2D eigenvalue weighted by atomic mass is 32.2. The lowest BCUT2D eigenvalue weighted by molar-refractivity contribution is 0.486. The zero-order valence-corrected chi connectivity index (χ0v) is 9.29. The monoisotopic (exact) mass is 229 g/mol. The van der Waals surface area contributed by atoms with Crippen molar-refractivity contribution >= 4 is 9.84 Å². The predicted octanol–water partition coefficient (Wildman–Crippen LogP) is 0.946. The van der Waals surface area contributed by atoms with Gasteiger partial charge in [-0.2, -0.15) is 0 Å². The van der Waals surface area contributed by atoms with Crippen molar-refractivity contribution in [2.75, 3.05) is 13.1 Å². The van der Waals surface area contributed by atoms with Crippen LogP contribution < -0.4 is 5.32 Å². The maximum atomic E-state index is 12.0. The lowest BCUT2D eigenvalue weighted by atomic mass is 10.2. The third-order valence-electron chi connectivity index (χ3n) is 2.72. The van der Waals surface area contributed by atoms with Gasteiger partial charge in [-0.1, -0.05) is 0 Å². The molecule has 0 aromatic carbocycles. The molecule has 1 aromatic rings. The van der Waals surface area contributed by atoms with Crippen LogP contribution in [0.4, 0.5) is 0 Å². The van der Waals surface area contributed by atoms with Gasteiger partial charge in [-0.15, -0.1) is 0 Å². The van der Waals surface area contributed by atoms with Crippen LogP contribution in [0.3, 0.4) is 0 Å². The van der Waals surface area contributed by atoms with E-state index in [2.05, 4.69) is 5.32 Å². The summed E-state index contributed by atoms with van der Waals surface area (Å²) in [4.78, 5) is 0. The molecule has 4 nitrogen and oxygen atoms in total. The second-order valence-electron chi connectivity index (χ2n) is 3.84. The van der Waals surface area contributed by atoms with Gasteiger partial charge in [0.15, 0.2) is 9.84 Å². The predicted molar refractivity (Wildman–Crippen MR) is 57.2 cm³/mol. The van der Waals surface area contributed by atoms with Crippen LogP contribution in [0, 0.1) is 0 Å². The van der Waals surface area contributed by atoms with E-state index >= 15 is 0 Å². The summed E-state index contributed by atoms with van der Waals surface area (Å²) in [6.45, 7) is 1.59. The summed E-state index contributed by atoms with van der Waals surface area (Å²) in [7, 11) is -3.04. The van der Waals surface area contributed by atoms with Crippen molar-refractivity contribution in [3.8, 4) is 0 Å². The fourth-order valence-electron chi connectivity index (χ4n) is 1.87. The van der Waals surface area contributed by atoms with Crippen molar-refractivity contribution in [2.24, 2.45) is 0 Å². The van der Waals surface area contributed by atoms with Crippen LogP contribution in [0.5, 0.6) is 0 Å². The van der Waals surface area contributed by atoms with Crippen LogP contribution in [-0.2, 0) is 15.6 Å². The third kappa shape index (κ3) is 2.60. The molecule has 1 aliphatic rings. The van der Waals surface area contributed by atoms with Gasteiger partial charge in [-0.3, -0.25) is 0 Å². The molecule has 2 rings (SSSR count). The molecule has 1 aromatic heterocycles. The summed E-state index contributed by atoms with van der Waals surface area (Å²) >= 11 is 0. The molecule has 0 radical (unpaired) electrons. The van der Waals surface area contributed by atoms with E-state index in [0.29, 0.717) is 18.6 Å². The third-order valence-corrected chi connectivity index (χ3v) is 4.89. The Morgan fingerprint density at radius 1 is 1.40 bits per heavy atom. The number of piperidine rings is 1. The van der Waals surface area contributed by atoms with E-state index in [9.17, 15) is 8.42 Å². The molecule has 5 heteroatoms. The highest BCUT2D eigenvalue weighted by molar-refractivity contribution is 7.91. The number of furan rings is 1. The van der Waals surface area contributed by atoms with Gasteiger partial charge in [0, 0.05) is 0 Å². The minimum absolute atomic E-state index is 0.0324. The first-order chi connectivity index (χ1) is 7.18. The highest BCUT2D eigenvalue weighted by Gasteiger charge is 2.27. The van der Waals surface area contributed by atoms with Crippen molar-refractivity contribution < 1.29 is 12.8 Å². The average molecular weight is 229 g/mol. The molecule has 0 spiro atoms. The van der Waals surface area contributed by atoms with Crippen LogP contribution in [0.15, 0.2) is 22.8 Å². The van der Waals surface area contributed by atoms with Gasteiger partial charge in [0.25, 0.3) is 0 Å². The molecular weight excluding hydrogens is 214 g/mol. The van der Waals surface area contributed by atoms with Gasteiger partial charge in [-0.05, 0) is 38.1 Å². The Balaban J connectivity index is 2.05. The SMILES string of the molecule is O=S(=O)(Cc1ccco1)C1CCNCC1. The Labute approximate surface area is 89.6 Å². The van der Waals surface area contributed by atoms with E-state index in [-0.39, 0.29) is 11.0 Å². The smallest absolute Gasteiger partial charge is 0.160 e. The Bertz CT molecular complexity index is 390. The zero-order valence-electron chi connectivity index (χ0n) is 8.48. The summed E-state index contributed by atoms with van der Waals surface area (Å²) in [6.07, 6.45) is 2.93. The van der Waals surface area contributed by atoms with Crippen molar-refractivity contribution in [1.82, 2.24) is 5.32 Å². The van der Waals surface area contributed by atoms with Gasteiger partial charge in [0.2, 0.25) is 0 Å². The number of sulfone groups is 1. The Kier molecular flexibility index (Phi) is 3.11. The van der Waals surface area contributed by atoms with Gasteiger partial charge >= 0.3 is 0 Å². The summed E-state index contributed by atoms with van der Waals surface area (Å²) in [5.74, 6) is 0.568. The van der Waals surface area contributed by atoms with Gasteiger partial charge in [0.05, 0.1) is 11.5 Å². The zero-order chi connectivity index (χ0) is 10.7. The molecular formula is C10H15NO3S. The van der Waals surface area contributed by atoms with Crippen molar-refractivity contribution in [3.05, 3.63) is 24.2 Å². The van der Waals surface area contributed by atoms with E-state index < -0.39 is 9.84 Å². The molecule has 0 unspecified atom stereocenters. The Morgan fingerprint density at radius 2 is 2.13 bits per heavy atom. The van der Waals surface area contributed by atoms with E-state index in [0.717, 1.165) is 13.1 Å². The van der Waals surface area contributed by atoms with Crippen molar-refractivity contribution in [1.29, 1.82) is 0 Å². The topological polar surface area (TPSA) is 59.3 Å². The first kappa shape index (κ1) is 10.7. The van der Waals surface area contributed by atoms with Gasteiger partial charge in [-0.25, -0.2) is 8.42 Å². The quantitative estimate of drug-likeness (QED) is 0.838. The lowest BCUT2D eigenvalue weighted by Crippen LogP contribution is -2.36. The summed E-state index contributed by atoms with van der Waals surface area (Å²) in [5.41, 5.74) is 0. The molecule has 0 amide bonds. The first-order valence-corrected chi connectivity index (χ1v) is 6.85. The molecule has 1 fully saturated rings. The van der Waals surface area contributed by atoms with Crippen molar-refractivity contribution in [2.45, 2.75) is 23.8 Å². The Hall–Kier alpha value is -0.810. The summed E-state index contributed by atoms with van der Waals surface area (Å²) < 4.78 is 29.0. The van der Waals surface area contributed by atoms with Crippen LogP contribution in [0.2, 0.25) is 0 Å². The van der Waals surface area contributed by atoms with Crippen LogP contribution in [-0.4, -0.2) is 26.8 Å².